The number of alkyl halides is 3. The summed E-state index contributed by atoms with van der Waals surface area (Å²) in [5, 5.41) is 2.86. The topological polar surface area (TPSA) is 50.9 Å². The fourth-order valence-corrected chi connectivity index (χ4v) is 1.87. The first-order valence-corrected chi connectivity index (χ1v) is 5.95. The van der Waals surface area contributed by atoms with E-state index in [-0.39, 0.29) is 11.6 Å². The molecule has 3 N–H and O–H groups in total. The molecule has 2 rings (SSSR count). The lowest BCUT2D eigenvalue weighted by Crippen LogP contribution is -2.08. The molecule has 20 heavy (non-hydrogen) atoms. The molecule has 0 saturated carbocycles. The number of nitrogens with zero attached hydrogens (tertiary/aromatic N) is 1. The molecule has 1 heterocycles. The van der Waals surface area contributed by atoms with Gasteiger partial charge in [0.1, 0.15) is 11.6 Å². The van der Waals surface area contributed by atoms with Gasteiger partial charge in [0.15, 0.2) is 0 Å². The highest BCUT2D eigenvalue weighted by Gasteiger charge is 2.31. The van der Waals surface area contributed by atoms with Crippen molar-refractivity contribution in [2.24, 2.45) is 0 Å². The molecular weight excluding hydrogens is 267 g/mol. The van der Waals surface area contributed by atoms with Crippen molar-refractivity contribution >= 4 is 17.3 Å². The zero-order valence-corrected chi connectivity index (χ0v) is 11.0. The Bertz CT molecular complexity index is 636. The number of benzene rings is 1. The highest BCUT2D eigenvalue weighted by Crippen LogP contribution is 2.32. The first kappa shape index (κ1) is 14.2. The van der Waals surface area contributed by atoms with Crippen molar-refractivity contribution in [3.05, 3.63) is 47.0 Å². The molecule has 0 aliphatic rings. The summed E-state index contributed by atoms with van der Waals surface area (Å²) in [5.41, 5.74) is 7.29. The van der Waals surface area contributed by atoms with E-state index in [0.717, 1.165) is 23.3 Å². The summed E-state index contributed by atoms with van der Waals surface area (Å²) in [5.74, 6) is -0.101. The minimum atomic E-state index is -4.45. The maximum absolute atomic E-state index is 12.7. The molecule has 3 nitrogen and oxygen atoms in total. The van der Waals surface area contributed by atoms with Crippen molar-refractivity contribution in [2.45, 2.75) is 20.0 Å². The maximum Gasteiger partial charge on any atom is 0.416 e. The lowest BCUT2D eigenvalue weighted by molar-refractivity contribution is -0.137. The van der Waals surface area contributed by atoms with E-state index < -0.39 is 11.7 Å². The summed E-state index contributed by atoms with van der Waals surface area (Å²) in [6, 6.07) is 7.34. The van der Waals surface area contributed by atoms with Gasteiger partial charge in [-0.1, -0.05) is 17.7 Å². The van der Waals surface area contributed by atoms with Crippen LogP contribution >= 0.6 is 0 Å². The monoisotopic (exact) mass is 281 g/mol. The van der Waals surface area contributed by atoms with Gasteiger partial charge in [-0.25, -0.2) is 4.98 Å². The van der Waals surface area contributed by atoms with Crippen molar-refractivity contribution in [3.63, 3.8) is 0 Å². The van der Waals surface area contributed by atoms with Crippen LogP contribution in [0.4, 0.5) is 30.5 Å². The van der Waals surface area contributed by atoms with Crippen LogP contribution in [0.15, 0.2) is 30.3 Å². The van der Waals surface area contributed by atoms with Crippen LogP contribution in [-0.2, 0) is 6.18 Å². The molecule has 2 aromatic rings. The van der Waals surface area contributed by atoms with E-state index in [4.69, 9.17) is 5.73 Å². The van der Waals surface area contributed by atoms with Gasteiger partial charge < -0.3 is 11.1 Å². The summed E-state index contributed by atoms with van der Waals surface area (Å²) >= 11 is 0. The van der Waals surface area contributed by atoms with Gasteiger partial charge in [0.2, 0.25) is 0 Å². The molecule has 0 saturated heterocycles. The van der Waals surface area contributed by atoms with Gasteiger partial charge >= 0.3 is 6.18 Å². The molecule has 0 unspecified atom stereocenters. The van der Waals surface area contributed by atoms with Crippen LogP contribution < -0.4 is 11.1 Å². The van der Waals surface area contributed by atoms with Crippen molar-refractivity contribution < 1.29 is 13.2 Å². The second kappa shape index (κ2) is 5.03. The molecule has 1 aromatic carbocycles. The summed E-state index contributed by atoms with van der Waals surface area (Å²) in [6.45, 7) is 3.81. The third kappa shape index (κ3) is 3.20. The van der Waals surface area contributed by atoms with E-state index in [2.05, 4.69) is 10.3 Å². The Hall–Kier alpha value is -2.24. The zero-order valence-electron chi connectivity index (χ0n) is 11.0. The second-order valence-corrected chi connectivity index (χ2v) is 4.61. The van der Waals surface area contributed by atoms with Gasteiger partial charge in [-0.3, -0.25) is 0 Å². The largest absolute Gasteiger partial charge is 0.416 e. The number of aryl methyl sites for hydroxylation is 2. The first-order valence-electron chi connectivity index (χ1n) is 5.95. The standard InChI is InChI=1S/C14H14F3N3/c1-8-3-4-11(9(2)5-8)19-13-7-10(14(15,16)17)6-12(18)20-13/h3-7H,1-2H3,(H3,18,19,20). The molecule has 0 spiro atoms. The van der Waals surface area contributed by atoms with Crippen molar-refractivity contribution in [2.75, 3.05) is 11.1 Å². The van der Waals surface area contributed by atoms with E-state index in [0.29, 0.717) is 5.69 Å². The molecule has 0 bridgehead atoms. The van der Waals surface area contributed by atoms with Gasteiger partial charge in [0.25, 0.3) is 0 Å². The molecule has 1 aromatic heterocycles. The Balaban J connectivity index is 2.36. The van der Waals surface area contributed by atoms with Crippen LogP contribution in [0.25, 0.3) is 0 Å². The zero-order chi connectivity index (χ0) is 14.9. The van der Waals surface area contributed by atoms with Gasteiger partial charge in [-0.05, 0) is 37.6 Å². The molecule has 0 atom stereocenters. The minimum Gasteiger partial charge on any atom is -0.384 e. The normalized spacial score (nSPS) is 11.4. The van der Waals surface area contributed by atoms with Crippen LogP contribution in [0.2, 0.25) is 0 Å². The van der Waals surface area contributed by atoms with Crippen LogP contribution in [0.5, 0.6) is 0 Å². The first-order chi connectivity index (χ1) is 9.25. The lowest BCUT2D eigenvalue weighted by atomic mass is 10.1. The third-order valence-electron chi connectivity index (χ3n) is 2.82. The summed E-state index contributed by atoms with van der Waals surface area (Å²) in [7, 11) is 0. The SMILES string of the molecule is Cc1ccc(Nc2cc(C(F)(F)F)cc(N)n2)c(C)c1. The number of hydrogen-bond acceptors (Lipinski definition) is 3. The van der Waals surface area contributed by atoms with E-state index in [1.807, 2.05) is 26.0 Å². The van der Waals surface area contributed by atoms with Gasteiger partial charge in [0, 0.05) is 5.69 Å². The second-order valence-electron chi connectivity index (χ2n) is 4.61. The predicted molar refractivity (Wildman–Crippen MR) is 72.9 cm³/mol. The number of halogens is 3. The van der Waals surface area contributed by atoms with Gasteiger partial charge in [-0.2, -0.15) is 13.2 Å². The number of nitrogen functional groups attached to an aromatic ring is 1. The third-order valence-corrected chi connectivity index (χ3v) is 2.82. The Morgan fingerprint density at radius 1 is 1.10 bits per heavy atom. The molecule has 0 aliphatic carbocycles. The van der Waals surface area contributed by atoms with Crippen LogP contribution in [0.3, 0.4) is 0 Å². The summed E-state index contributed by atoms with van der Waals surface area (Å²) in [4.78, 5) is 3.87. The molecule has 0 amide bonds. The van der Waals surface area contributed by atoms with Gasteiger partial charge in [0.05, 0.1) is 5.56 Å². The number of anilines is 3. The van der Waals surface area contributed by atoms with Crippen molar-refractivity contribution in [1.29, 1.82) is 0 Å². The number of nitrogens with two attached hydrogens (primary N) is 1. The molecule has 0 radical (unpaired) electrons. The summed E-state index contributed by atoms with van der Waals surface area (Å²) < 4.78 is 38.1. The Kier molecular flexibility index (Phi) is 3.57. The predicted octanol–water partition coefficient (Wildman–Crippen LogP) is 4.04. The van der Waals surface area contributed by atoms with Crippen LogP contribution in [0.1, 0.15) is 16.7 Å². The van der Waals surface area contributed by atoms with E-state index in [1.165, 1.54) is 0 Å². The lowest BCUT2D eigenvalue weighted by Gasteiger charge is -2.13. The van der Waals surface area contributed by atoms with Crippen molar-refractivity contribution in [3.8, 4) is 0 Å². The molecule has 0 fully saturated rings. The molecule has 6 heteroatoms. The van der Waals surface area contributed by atoms with Crippen LogP contribution in [0, 0.1) is 13.8 Å². The fraction of sp³-hybridized carbons (Fsp3) is 0.214. The smallest absolute Gasteiger partial charge is 0.384 e. The molecule has 106 valence electrons. The number of rotatable bonds is 2. The fourth-order valence-electron chi connectivity index (χ4n) is 1.87. The average Bonchev–Trinajstić information content (AvgIpc) is 2.31. The van der Waals surface area contributed by atoms with Crippen LogP contribution in [-0.4, -0.2) is 4.98 Å². The van der Waals surface area contributed by atoms with E-state index in [1.54, 1.807) is 6.07 Å². The molecule has 0 aliphatic heterocycles. The van der Waals surface area contributed by atoms with E-state index >= 15 is 0 Å². The quantitative estimate of drug-likeness (QED) is 0.873. The number of aromatic nitrogens is 1. The highest BCUT2D eigenvalue weighted by atomic mass is 19.4. The van der Waals surface area contributed by atoms with Gasteiger partial charge in [-0.15, -0.1) is 0 Å². The highest BCUT2D eigenvalue weighted by molar-refractivity contribution is 5.62. The van der Waals surface area contributed by atoms with E-state index in [9.17, 15) is 13.2 Å². The Morgan fingerprint density at radius 3 is 2.40 bits per heavy atom. The number of hydrogen-bond donors (Lipinski definition) is 2. The van der Waals surface area contributed by atoms with Crippen molar-refractivity contribution in [1.82, 2.24) is 4.98 Å². The minimum absolute atomic E-state index is 0.0734. The number of nitrogens with one attached hydrogen (secondary N) is 1. The molecular formula is C14H14F3N3. The summed E-state index contributed by atoms with van der Waals surface area (Å²) in [6.07, 6.45) is -4.45. The Labute approximate surface area is 114 Å². The average molecular weight is 281 g/mol. The Morgan fingerprint density at radius 2 is 1.80 bits per heavy atom. The maximum atomic E-state index is 12.7. The number of pyridine rings is 1.